The minimum Gasteiger partial charge on any atom is -0.394 e. The molecule has 0 aromatic carbocycles. The van der Waals surface area contributed by atoms with Gasteiger partial charge in [-0.15, -0.1) is 0 Å². The van der Waals surface area contributed by atoms with Crippen molar-refractivity contribution < 1.29 is 44.9 Å². The van der Waals surface area contributed by atoms with Crippen LogP contribution in [0.4, 0.5) is 0 Å². The van der Waals surface area contributed by atoms with E-state index in [-0.39, 0.29) is 6.61 Å². The number of ether oxygens (including phenoxy) is 2. The van der Waals surface area contributed by atoms with E-state index >= 15 is 0 Å². The van der Waals surface area contributed by atoms with Gasteiger partial charge in [0.25, 0.3) is 0 Å². The quantitative estimate of drug-likeness (QED) is 0.0273. The summed E-state index contributed by atoms with van der Waals surface area (Å²) in [5.74, 6) is -0.912. The normalized spacial score (nSPS) is 22.5. The molecule has 0 amide bonds. The molecule has 1 rings (SSSR count). The van der Waals surface area contributed by atoms with Crippen LogP contribution in [-0.2, 0) is 14.3 Å². The summed E-state index contributed by atoms with van der Waals surface area (Å²) in [6.45, 7) is 5.80. The number of hydrogen-bond donors (Lipinski definition) is 6. The Balaban J connectivity index is 2.42. The maximum atomic E-state index is 13.4. The van der Waals surface area contributed by atoms with E-state index in [2.05, 4.69) is 20.8 Å². The molecule has 0 saturated carbocycles. The zero-order valence-electron chi connectivity index (χ0n) is 34.3. The summed E-state index contributed by atoms with van der Waals surface area (Å²) in [5.41, 5.74) is 0. The third-order valence-corrected chi connectivity index (χ3v) is 11.0. The van der Waals surface area contributed by atoms with E-state index in [0.717, 1.165) is 44.4 Å². The molecule has 1 heterocycles. The van der Waals surface area contributed by atoms with Gasteiger partial charge in [-0.25, -0.2) is 0 Å². The Morgan fingerprint density at radius 1 is 0.642 bits per heavy atom. The summed E-state index contributed by atoms with van der Waals surface area (Å²) in [4.78, 5) is 13.4. The van der Waals surface area contributed by atoms with E-state index in [9.17, 15) is 35.4 Å². The molecule has 0 radical (unpaired) electrons. The van der Waals surface area contributed by atoms with Crippen LogP contribution < -0.4 is 0 Å². The van der Waals surface area contributed by atoms with E-state index in [1.165, 1.54) is 122 Å². The van der Waals surface area contributed by atoms with Crippen molar-refractivity contribution in [1.82, 2.24) is 0 Å². The maximum Gasteiger partial charge on any atom is 0.186 e. The van der Waals surface area contributed by atoms with Crippen LogP contribution in [0.5, 0.6) is 0 Å². The fourth-order valence-electron chi connectivity index (χ4n) is 7.27. The molecule has 6 N–H and O–H groups in total. The van der Waals surface area contributed by atoms with E-state index in [1.54, 1.807) is 6.08 Å². The monoisotopic (exact) mass is 757 g/mol. The highest BCUT2D eigenvalue weighted by molar-refractivity contribution is 5.86. The minimum atomic E-state index is -1.62. The van der Waals surface area contributed by atoms with Gasteiger partial charge in [-0.2, -0.15) is 0 Å². The summed E-state index contributed by atoms with van der Waals surface area (Å²) >= 11 is 0. The molecule has 0 unspecified atom stereocenters. The molecule has 53 heavy (non-hydrogen) atoms. The number of unbranched alkanes of at least 4 members (excludes halogenated alkanes) is 23. The Morgan fingerprint density at radius 2 is 1.09 bits per heavy atom. The van der Waals surface area contributed by atoms with Gasteiger partial charge >= 0.3 is 0 Å². The van der Waals surface area contributed by atoms with Crippen molar-refractivity contribution >= 4 is 5.78 Å². The summed E-state index contributed by atoms with van der Waals surface area (Å²) < 4.78 is 11.1. The van der Waals surface area contributed by atoms with Gasteiger partial charge in [0, 0.05) is 0 Å². The molecular formula is C44H84O9. The summed E-state index contributed by atoms with van der Waals surface area (Å²) in [5, 5.41) is 62.1. The molecule has 314 valence electrons. The lowest BCUT2D eigenvalue weighted by molar-refractivity contribution is -0.303. The van der Waals surface area contributed by atoms with Gasteiger partial charge in [0.15, 0.2) is 12.1 Å². The van der Waals surface area contributed by atoms with Gasteiger partial charge in [-0.3, -0.25) is 4.79 Å². The van der Waals surface area contributed by atoms with Gasteiger partial charge in [-0.1, -0.05) is 187 Å². The Morgan fingerprint density at radius 3 is 1.57 bits per heavy atom. The third-order valence-electron chi connectivity index (χ3n) is 11.0. The smallest absolute Gasteiger partial charge is 0.186 e. The highest BCUT2D eigenvalue weighted by atomic mass is 16.7. The summed E-state index contributed by atoms with van der Waals surface area (Å²) in [6.07, 6.45) is 25.7. The molecule has 1 aliphatic rings. The van der Waals surface area contributed by atoms with Crippen molar-refractivity contribution in [1.29, 1.82) is 0 Å². The highest BCUT2D eigenvalue weighted by Gasteiger charge is 2.44. The zero-order valence-corrected chi connectivity index (χ0v) is 34.3. The number of carbonyl (C=O) groups excluding carboxylic acids is 1. The van der Waals surface area contributed by atoms with Gasteiger partial charge in [0.2, 0.25) is 0 Å². The Bertz CT molecular complexity index is 866. The summed E-state index contributed by atoms with van der Waals surface area (Å²) in [6, 6.07) is 0. The van der Waals surface area contributed by atoms with Gasteiger partial charge in [-0.05, 0) is 25.2 Å². The van der Waals surface area contributed by atoms with Gasteiger partial charge in [0.1, 0.15) is 30.5 Å². The number of ketones is 1. The van der Waals surface area contributed by atoms with Crippen molar-refractivity contribution in [2.45, 2.75) is 237 Å². The lowest BCUT2D eigenvalue weighted by Gasteiger charge is -2.40. The Hall–Kier alpha value is -0.910. The van der Waals surface area contributed by atoms with E-state index < -0.39 is 61.2 Å². The fourth-order valence-corrected chi connectivity index (χ4v) is 7.27. The molecule has 0 aromatic rings. The van der Waals surface area contributed by atoms with E-state index in [0.29, 0.717) is 12.8 Å². The molecule has 0 aromatic heterocycles. The van der Waals surface area contributed by atoms with Gasteiger partial charge in [0.05, 0.1) is 25.2 Å². The van der Waals surface area contributed by atoms with Crippen molar-refractivity contribution in [3.05, 3.63) is 12.2 Å². The maximum absolute atomic E-state index is 13.4. The van der Waals surface area contributed by atoms with E-state index in [1.807, 2.05) is 6.08 Å². The molecule has 9 heteroatoms. The Kier molecular flexibility index (Phi) is 31.4. The molecule has 8 atom stereocenters. The first-order valence-corrected chi connectivity index (χ1v) is 22.1. The fraction of sp³-hybridized carbons (Fsp3) is 0.932. The molecule has 0 spiro atoms. The van der Waals surface area contributed by atoms with Crippen LogP contribution in [-0.4, -0.2) is 92.5 Å². The molecule has 0 aliphatic carbocycles. The average Bonchev–Trinajstić information content (AvgIpc) is 3.14. The van der Waals surface area contributed by atoms with Crippen LogP contribution in [0.1, 0.15) is 194 Å². The first-order valence-electron chi connectivity index (χ1n) is 22.1. The van der Waals surface area contributed by atoms with Crippen LogP contribution in [0.25, 0.3) is 0 Å². The highest BCUT2D eigenvalue weighted by Crippen LogP contribution is 2.24. The molecule has 1 fully saturated rings. The number of aliphatic hydroxyl groups excluding tert-OH is 6. The number of allylic oxidation sites excluding steroid dienone is 1. The van der Waals surface area contributed by atoms with Crippen LogP contribution in [0, 0.1) is 11.8 Å². The SMILES string of the molecule is CCCCCCCCCCCCCCCCCCCC[C@@H](O)C(=O)[C@@H](CO[C@@H]1O[C@H](CO)[C@H](O)[C@H](O)[C@H]1O)[C@H](O)/C=C/CCCCCCCCC(C)C. The van der Waals surface area contributed by atoms with E-state index in [4.69, 9.17) is 9.47 Å². The molecule has 1 saturated heterocycles. The first-order chi connectivity index (χ1) is 25.6. The molecular weight excluding hydrogens is 672 g/mol. The van der Waals surface area contributed by atoms with Crippen LogP contribution >= 0.6 is 0 Å². The molecule has 9 nitrogen and oxygen atoms in total. The second-order valence-corrected chi connectivity index (χ2v) is 16.4. The predicted octanol–water partition coefficient (Wildman–Crippen LogP) is 8.47. The predicted molar refractivity (Wildman–Crippen MR) is 215 cm³/mol. The van der Waals surface area contributed by atoms with Crippen LogP contribution in [0.3, 0.4) is 0 Å². The molecule has 1 aliphatic heterocycles. The van der Waals surface area contributed by atoms with Crippen molar-refractivity contribution in [3.63, 3.8) is 0 Å². The third kappa shape index (κ3) is 24.4. The number of carbonyl (C=O) groups is 1. The second-order valence-electron chi connectivity index (χ2n) is 16.4. The molecule has 0 bridgehead atoms. The minimum absolute atomic E-state index is 0.293. The van der Waals surface area contributed by atoms with Crippen LogP contribution in [0.2, 0.25) is 0 Å². The number of aliphatic hydroxyl groups is 6. The second kappa shape index (κ2) is 33.3. The van der Waals surface area contributed by atoms with Crippen LogP contribution in [0.15, 0.2) is 12.2 Å². The average molecular weight is 757 g/mol. The topological polar surface area (TPSA) is 157 Å². The number of rotatable bonds is 36. The number of hydrogen-bond acceptors (Lipinski definition) is 9. The Labute approximate surface area is 324 Å². The van der Waals surface area contributed by atoms with Crippen molar-refractivity contribution in [3.8, 4) is 0 Å². The zero-order chi connectivity index (χ0) is 39.1. The first kappa shape index (κ1) is 50.1. The van der Waals surface area contributed by atoms with Crippen molar-refractivity contribution in [2.24, 2.45) is 11.8 Å². The van der Waals surface area contributed by atoms with Crippen molar-refractivity contribution in [2.75, 3.05) is 13.2 Å². The lowest BCUT2D eigenvalue weighted by Crippen LogP contribution is -2.59. The largest absolute Gasteiger partial charge is 0.394 e. The standard InChI is InChI=1S/C44H84O9/c1-4-5-6-7-8-9-10-11-12-13-14-15-16-17-18-23-26-29-32-38(47)40(48)36(34-52-44-43(51)42(50)41(49)39(33-45)53-44)37(46)31-28-25-22-20-19-21-24-27-30-35(2)3/h28,31,35-39,41-47,49-51H,4-27,29-30,32-34H2,1-3H3/b31-28+/t36-,37+,38+,39+,41-,42-,43+,44+/m0/s1. The number of Topliss-reactive ketones (excluding diaryl/α,β-unsaturated/α-hetero) is 1. The lowest BCUT2D eigenvalue weighted by atomic mass is 9.91. The summed E-state index contributed by atoms with van der Waals surface area (Å²) in [7, 11) is 0. The van der Waals surface area contributed by atoms with Gasteiger partial charge < -0.3 is 40.1 Å².